The third-order valence-corrected chi connectivity index (χ3v) is 3.26. The van der Waals surface area contributed by atoms with Gasteiger partial charge in [-0.1, -0.05) is 12.1 Å². The van der Waals surface area contributed by atoms with Gasteiger partial charge in [-0.2, -0.15) is 0 Å². The number of nitrogens with zero attached hydrogens (tertiary/aromatic N) is 2. The van der Waals surface area contributed by atoms with Gasteiger partial charge in [0.25, 0.3) is 5.91 Å². The second kappa shape index (κ2) is 5.83. The second-order valence-corrected chi connectivity index (χ2v) is 4.98. The van der Waals surface area contributed by atoms with Gasteiger partial charge < -0.3 is 15.5 Å². The molecule has 21 heavy (non-hydrogen) atoms. The molecule has 2 aromatic carbocycles. The van der Waals surface area contributed by atoms with E-state index >= 15 is 0 Å². The fraction of sp³-hybridized carbons (Fsp3) is 0.188. The lowest BCUT2D eigenvalue weighted by Crippen LogP contribution is -2.22. The maximum absolute atomic E-state index is 13.9. The van der Waals surface area contributed by atoms with Gasteiger partial charge in [0.15, 0.2) is 0 Å². The number of para-hydroxylation sites is 1. The largest absolute Gasteiger partial charge is 0.397 e. The first-order chi connectivity index (χ1) is 9.91. The summed E-state index contributed by atoms with van der Waals surface area (Å²) in [5.74, 6) is -0.470. The number of hydrogen-bond acceptors (Lipinski definition) is 3. The zero-order valence-corrected chi connectivity index (χ0v) is 12.3. The first-order valence-electron chi connectivity index (χ1n) is 6.51. The zero-order valence-electron chi connectivity index (χ0n) is 12.3. The monoisotopic (exact) mass is 287 g/mol. The molecule has 0 heterocycles. The number of carbonyl (C=O) groups is 1. The highest BCUT2D eigenvalue weighted by Crippen LogP contribution is 2.31. The Hall–Kier alpha value is -2.56. The van der Waals surface area contributed by atoms with E-state index in [4.69, 9.17) is 5.73 Å². The average molecular weight is 287 g/mol. The molecule has 0 aliphatic carbocycles. The maximum Gasteiger partial charge on any atom is 0.253 e. The molecule has 0 fully saturated rings. The maximum atomic E-state index is 13.9. The Morgan fingerprint density at radius 2 is 1.71 bits per heavy atom. The third kappa shape index (κ3) is 2.97. The second-order valence-electron chi connectivity index (χ2n) is 4.98. The predicted octanol–water partition coefficient (Wildman–Crippen LogP) is 2.88. The standard InChI is InChI=1S/C16H18FN3O/c1-19(2)16(21)11-8-9-13(18)15(10-11)20(3)14-7-5-4-6-12(14)17/h4-10H,18H2,1-3H3. The molecule has 0 radical (unpaired) electrons. The number of anilines is 3. The average Bonchev–Trinajstić information content (AvgIpc) is 2.46. The van der Waals surface area contributed by atoms with Crippen molar-refractivity contribution in [1.29, 1.82) is 0 Å². The number of hydrogen-bond donors (Lipinski definition) is 1. The van der Waals surface area contributed by atoms with Crippen LogP contribution in [0.25, 0.3) is 0 Å². The molecule has 1 amide bonds. The molecule has 2 N–H and O–H groups in total. The summed E-state index contributed by atoms with van der Waals surface area (Å²) in [6, 6.07) is 11.4. The zero-order chi connectivity index (χ0) is 15.6. The van der Waals surface area contributed by atoms with Gasteiger partial charge in [-0.25, -0.2) is 4.39 Å². The Labute approximate surface area is 123 Å². The fourth-order valence-corrected chi connectivity index (χ4v) is 2.08. The minimum absolute atomic E-state index is 0.127. The molecule has 5 heteroatoms. The van der Waals surface area contributed by atoms with Crippen molar-refractivity contribution in [3.63, 3.8) is 0 Å². The molecule has 110 valence electrons. The van der Waals surface area contributed by atoms with Crippen LogP contribution in [0.3, 0.4) is 0 Å². The van der Waals surface area contributed by atoms with Gasteiger partial charge in [-0.15, -0.1) is 0 Å². The summed E-state index contributed by atoms with van der Waals surface area (Å²) >= 11 is 0. The number of carbonyl (C=O) groups excluding carboxylic acids is 1. The van der Waals surface area contributed by atoms with Crippen LogP contribution in [-0.2, 0) is 0 Å². The van der Waals surface area contributed by atoms with E-state index in [1.54, 1.807) is 62.4 Å². The molecule has 0 bridgehead atoms. The summed E-state index contributed by atoms with van der Waals surface area (Å²) in [7, 11) is 5.08. The van der Waals surface area contributed by atoms with Gasteiger partial charge in [-0.05, 0) is 30.3 Å². The summed E-state index contributed by atoms with van der Waals surface area (Å²) < 4.78 is 13.9. The van der Waals surface area contributed by atoms with Gasteiger partial charge >= 0.3 is 0 Å². The summed E-state index contributed by atoms with van der Waals surface area (Å²) in [6.07, 6.45) is 0. The van der Waals surface area contributed by atoms with Crippen LogP contribution in [0.2, 0.25) is 0 Å². The lowest BCUT2D eigenvalue weighted by atomic mass is 10.1. The first-order valence-corrected chi connectivity index (χ1v) is 6.51. The minimum atomic E-state index is -0.344. The lowest BCUT2D eigenvalue weighted by molar-refractivity contribution is 0.0827. The van der Waals surface area contributed by atoms with Crippen molar-refractivity contribution in [3.8, 4) is 0 Å². The van der Waals surface area contributed by atoms with Gasteiger partial charge in [0, 0.05) is 26.7 Å². The topological polar surface area (TPSA) is 49.6 Å². The molecule has 0 saturated heterocycles. The van der Waals surface area contributed by atoms with E-state index in [1.807, 2.05) is 0 Å². The van der Waals surface area contributed by atoms with E-state index in [1.165, 1.54) is 11.0 Å². The minimum Gasteiger partial charge on any atom is -0.397 e. The van der Waals surface area contributed by atoms with E-state index < -0.39 is 0 Å². The molecule has 0 saturated carbocycles. The molecule has 4 nitrogen and oxygen atoms in total. The van der Waals surface area contributed by atoms with Crippen LogP contribution in [0.15, 0.2) is 42.5 Å². The molecule has 0 spiro atoms. The van der Waals surface area contributed by atoms with Crippen molar-refractivity contribution in [2.24, 2.45) is 0 Å². The van der Waals surface area contributed by atoms with Gasteiger partial charge in [0.1, 0.15) is 5.82 Å². The molecular formula is C16H18FN3O. The van der Waals surface area contributed by atoms with Crippen LogP contribution in [-0.4, -0.2) is 32.0 Å². The Kier molecular flexibility index (Phi) is 4.12. The first kappa shape index (κ1) is 14.8. The summed E-state index contributed by atoms with van der Waals surface area (Å²) in [6.45, 7) is 0. The Balaban J connectivity index is 2.46. The number of nitrogen functional groups attached to an aromatic ring is 1. The number of halogens is 1. The molecule has 0 aromatic heterocycles. The summed E-state index contributed by atoms with van der Waals surface area (Å²) in [5, 5.41) is 0. The van der Waals surface area contributed by atoms with Crippen LogP contribution in [0.1, 0.15) is 10.4 Å². The van der Waals surface area contributed by atoms with Crippen molar-refractivity contribution in [2.45, 2.75) is 0 Å². The molecule has 0 aliphatic rings. The van der Waals surface area contributed by atoms with Gasteiger partial charge in [0.2, 0.25) is 0 Å². The van der Waals surface area contributed by atoms with Gasteiger partial charge in [-0.3, -0.25) is 4.79 Å². The predicted molar refractivity (Wildman–Crippen MR) is 83.3 cm³/mol. The van der Waals surface area contributed by atoms with Crippen molar-refractivity contribution >= 4 is 23.0 Å². The Morgan fingerprint density at radius 3 is 2.33 bits per heavy atom. The number of benzene rings is 2. The van der Waals surface area contributed by atoms with Gasteiger partial charge in [0.05, 0.1) is 17.1 Å². The molecule has 0 unspecified atom stereocenters. The van der Waals surface area contributed by atoms with Crippen LogP contribution in [0.4, 0.5) is 21.5 Å². The van der Waals surface area contributed by atoms with E-state index in [9.17, 15) is 9.18 Å². The van der Waals surface area contributed by atoms with Crippen LogP contribution >= 0.6 is 0 Å². The summed E-state index contributed by atoms with van der Waals surface area (Å²) in [4.78, 5) is 15.1. The summed E-state index contributed by atoms with van der Waals surface area (Å²) in [5.41, 5.74) is 7.95. The molecule has 2 rings (SSSR count). The van der Waals surface area contributed by atoms with Crippen LogP contribution in [0.5, 0.6) is 0 Å². The van der Waals surface area contributed by atoms with Crippen molar-refractivity contribution in [3.05, 3.63) is 53.8 Å². The lowest BCUT2D eigenvalue weighted by Gasteiger charge is -2.23. The SMILES string of the molecule is CN(C)C(=O)c1ccc(N)c(N(C)c2ccccc2F)c1. The van der Waals surface area contributed by atoms with E-state index in [0.717, 1.165) is 0 Å². The number of nitrogens with two attached hydrogens (primary N) is 1. The molecule has 2 aromatic rings. The Morgan fingerprint density at radius 1 is 1.05 bits per heavy atom. The van der Waals surface area contributed by atoms with Crippen molar-refractivity contribution < 1.29 is 9.18 Å². The highest BCUT2D eigenvalue weighted by atomic mass is 19.1. The highest BCUT2D eigenvalue weighted by molar-refractivity contribution is 5.96. The quantitative estimate of drug-likeness (QED) is 0.883. The smallest absolute Gasteiger partial charge is 0.253 e. The fourth-order valence-electron chi connectivity index (χ4n) is 2.08. The molecule has 0 atom stereocenters. The van der Waals surface area contributed by atoms with E-state index in [2.05, 4.69) is 0 Å². The van der Waals surface area contributed by atoms with Crippen LogP contribution in [0, 0.1) is 5.82 Å². The third-order valence-electron chi connectivity index (χ3n) is 3.26. The van der Waals surface area contributed by atoms with E-state index in [-0.39, 0.29) is 11.7 Å². The highest BCUT2D eigenvalue weighted by Gasteiger charge is 2.15. The van der Waals surface area contributed by atoms with Crippen molar-refractivity contribution in [2.75, 3.05) is 31.8 Å². The number of rotatable bonds is 3. The molecular weight excluding hydrogens is 269 g/mol. The van der Waals surface area contributed by atoms with Crippen LogP contribution < -0.4 is 10.6 Å². The van der Waals surface area contributed by atoms with E-state index in [0.29, 0.717) is 22.6 Å². The van der Waals surface area contributed by atoms with Crippen molar-refractivity contribution in [1.82, 2.24) is 4.90 Å². The normalized spacial score (nSPS) is 10.3. The Bertz CT molecular complexity index is 670. The molecule has 0 aliphatic heterocycles. The number of amides is 1.